The minimum Gasteiger partial charge on any atom is -0.508 e. The zero-order valence-corrected chi connectivity index (χ0v) is 13.3. The minimum absolute atomic E-state index is 0.291. The Morgan fingerprint density at radius 2 is 1.65 bits per heavy atom. The molecule has 0 radical (unpaired) electrons. The van der Waals surface area contributed by atoms with Gasteiger partial charge in [0.15, 0.2) is 0 Å². The third-order valence-electron chi connectivity index (χ3n) is 3.86. The molecule has 0 fully saturated rings. The van der Waals surface area contributed by atoms with Gasteiger partial charge in [0.05, 0.1) is 6.61 Å². The Bertz CT molecular complexity index is 753. The number of aryl methyl sites for hydroxylation is 2. The second kappa shape index (κ2) is 7.21. The summed E-state index contributed by atoms with van der Waals surface area (Å²) in [7, 11) is 0. The summed E-state index contributed by atoms with van der Waals surface area (Å²) in [5.74, 6) is 7.58. The zero-order valence-electron chi connectivity index (χ0n) is 13.3. The van der Waals surface area contributed by atoms with Crippen LogP contribution in [-0.4, -0.2) is 24.9 Å². The Labute approximate surface area is 136 Å². The van der Waals surface area contributed by atoms with E-state index in [9.17, 15) is 5.11 Å². The van der Waals surface area contributed by atoms with Gasteiger partial charge in [0.1, 0.15) is 18.1 Å². The number of phenols is 1. The molecular formula is C20H20O3. The third-order valence-corrected chi connectivity index (χ3v) is 3.86. The summed E-state index contributed by atoms with van der Waals surface area (Å²) in [6.07, 6.45) is 1.73. The lowest BCUT2D eigenvalue weighted by Gasteiger charge is -2.13. The highest BCUT2D eigenvalue weighted by atomic mass is 16.5. The fourth-order valence-electron chi connectivity index (χ4n) is 2.66. The van der Waals surface area contributed by atoms with E-state index in [1.54, 1.807) is 12.1 Å². The van der Waals surface area contributed by atoms with Gasteiger partial charge in [-0.25, -0.2) is 0 Å². The van der Waals surface area contributed by atoms with Crippen LogP contribution in [0.1, 0.15) is 29.2 Å². The van der Waals surface area contributed by atoms with Gasteiger partial charge < -0.3 is 14.6 Å². The fourth-order valence-corrected chi connectivity index (χ4v) is 2.66. The molecular weight excluding hydrogens is 288 g/mol. The van der Waals surface area contributed by atoms with Crippen molar-refractivity contribution in [3.8, 4) is 23.3 Å². The van der Waals surface area contributed by atoms with Gasteiger partial charge >= 0.3 is 0 Å². The van der Waals surface area contributed by atoms with Crippen LogP contribution < -0.4 is 4.74 Å². The number of hydrogen-bond acceptors (Lipinski definition) is 3. The summed E-state index contributed by atoms with van der Waals surface area (Å²) in [5, 5.41) is 9.65. The number of phenolic OH excluding ortho intramolecular Hbond substituents is 1. The average molecular weight is 308 g/mol. The van der Waals surface area contributed by atoms with Crippen molar-refractivity contribution in [3.05, 3.63) is 58.7 Å². The molecule has 0 unspecified atom stereocenters. The van der Waals surface area contributed by atoms with Crippen molar-refractivity contribution >= 4 is 0 Å². The maximum Gasteiger partial charge on any atom is 0.119 e. The van der Waals surface area contributed by atoms with E-state index >= 15 is 0 Å². The summed E-state index contributed by atoms with van der Waals surface area (Å²) in [4.78, 5) is 0. The van der Waals surface area contributed by atoms with E-state index in [0.717, 1.165) is 35.3 Å². The summed E-state index contributed by atoms with van der Waals surface area (Å²) in [6.45, 7) is 3.82. The van der Waals surface area contributed by atoms with Crippen LogP contribution >= 0.6 is 0 Å². The molecule has 2 aromatic rings. The fraction of sp³-hybridized carbons (Fsp3) is 0.300. The molecule has 1 aliphatic rings. The van der Waals surface area contributed by atoms with Crippen LogP contribution in [0, 0.1) is 11.8 Å². The topological polar surface area (TPSA) is 38.7 Å². The molecule has 0 bridgehead atoms. The zero-order chi connectivity index (χ0) is 16.1. The smallest absolute Gasteiger partial charge is 0.119 e. The van der Waals surface area contributed by atoms with Crippen LogP contribution in [-0.2, 0) is 17.6 Å². The first-order valence-electron chi connectivity index (χ1n) is 7.93. The number of aromatic hydroxyl groups is 1. The lowest BCUT2D eigenvalue weighted by molar-refractivity contribution is 0.110. The summed E-state index contributed by atoms with van der Waals surface area (Å²) >= 11 is 0. The highest BCUT2D eigenvalue weighted by Gasteiger charge is 2.09. The molecule has 0 aliphatic heterocycles. The van der Waals surface area contributed by atoms with Gasteiger partial charge in [-0.15, -0.1) is 0 Å². The molecule has 0 saturated carbocycles. The van der Waals surface area contributed by atoms with Crippen molar-refractivity contribution in [3.63, 3.8) is 0 Å². The van der Waals surface area contributed by atoms with E-state index in [0.29, 0.717) is 25.6 Å². The molecule has 118 valence electrons. The number of rotatable bonds is 5. The van der Waals surface area contributed by atoms with Crippen LogP contribution in [0.3, 0.4) is 0 Å². The van der Waals surface area contributed by atoms with E-state index in [1.165, 1.54) is 5.56 Å². The van der Waals surface area contributed by atoms with Crippen molar-refractivity contribution in [2.45, 2.75) is 19.8 Å². The first kappa shape index (κ1) is 15.5. The number of ether oxygens (including phenoxy) is 2. The molecule has 1 aliphatic carbocycles. The van der Waals surface area contributed by atoms with E-state index in [1.807, 2.05) is 25.1 Å². The normalized spacial score (nSPS) is 12.2. The second-order valence-corrected chi connectivity index (χ2v) is 5.46. The van der Waals surface area contributed by atoms with Gasteiger partial charge in [-0.05, 0) is 67.3 Å². The van der Waals surface area contributed by atoms with Gasteiger partial charge in [-0.2, -0.15) is 0 Å². The lowest BCUT2D eigenvalue weighted by Crippen LogP contribution is -2.07. The van der Waals surface area contributed by atoms with Crippen molar-refractivity contribution in [2.24, 2.45) is 0 Å². The number of hydrogen-bond donors (Lipinski definition) is 1. The Morgan fingerprint density at radius 1 is 0.957 bits per heavy atom. The van der Waals surface area contributed by atoms with E-state index < -0.39 is 0 Å². The van der Waals surface area contributed by atoms with Gasteiger partial charge in [0.25, 0.3) is 0 Å². The largest absolute Gasteiger partial charge is 0.508 e. The molecule has 3 heteroatoms. The van der Waals surface area contributed by atoms with Gasteiger partial charge in [-0.3, -0.25) is 0 Å². The van der Waals surface area contributed by atoms with Crippen molar-refractivity contribution in [1.29, 1.82) is 0 Å². The van der Waals surface area contributed by atoms with E-state index in [2.05, 4.69) is 17.9 Å². The van der Waals surface area contributed by atoms with E-state index in [4.69, 9.17) is 9.47 Å². The van der Waals surface area contributed by atoms with Gasteiger partial charge in [-0.1, -0.05) is 11.8 Å². The molecule has 2 aromatic carbocycles. The van der Waals surface area contributed by atoms with Crippen LogP contribution in [0.2, 0.25) is 0 Å². The molecule has 23 heavy (non-hydrogen) atoms. The van der Waals surface area contributed by atoms with Crippen LogP contribution in [0.25, 0.3) is 0 Å². The maximum atomic E-state index is 9.65. The van der Waals surface area contributed by atoms with E-state index in [-0.39, 0.29) is 0 Å². The van der Waals surface area contributed by atoms with Gasteiger partial charge in [0, 0.05) is 17.7 Å². The number of benzene rings is 2. The molecule has 0 amide bonds. The molecule has 0 heterocycles. The Hall–Kier alpha value is -2.44. The first-order valence-corrected chi connectivity index (χ1v) is 7.93. The van der Waals surface area contributed by atoms with Crippen LogP contribution in [0.4, 0.5) is 0 Å². The quantitative estimate of drug-likeness (QED) is 0.680. The predicted octanol–water partition coefficient (Wildman–Crippen LogP) is 3.31. The molecule has 1 N–H and O–H groups in total. The maximum absolute atomic E-state index is 9.65. The third kappa shape index (κ3) is 3.85. The molecule has 0 saturated heterocycles. The predicted molar refractivity (Wildman–Crippen MR) is 89.9 cm³/mol. The lowest BCUT2D eigenvalue weighted by atomic mass is 9.94. The summed E-state index contributed by atoms with van der Waals surface area (Å²) in [5.41, 5.74) is 4.30. The SMILES string of the molecule is CCOCCOc1ccc2c(c1)CCc1cc(O)ccc1C#C2. The Kier molecular flexibility index (Phi) is 4.85. The standard InChI is InChI=1S/C20H20O3/c1-2-22-11-12-23-20-10-8-16-4-3-15-7-9-19(21)13-17(15)5-6-18(16)14-20/h7-10,13-14,21H,2,5-6,11-12H2,1H3. The van der Waals surface area contributed by atoms with Crippen molar-refractivity contribution in [2.75, 3.05) is 19.8 Å². The Balaban J connectivity index is 1.80. The van der Waals surface area contributed by atoms with Crippen LogP contribution in [0.5, 0.6) is 11.5 Å². The molecule has 3 rings (SSSR count). The highest BCUT2D eigenvalue weighted by Crippen LogP contribution is 2.24. The van der Waals surface area contributed by atoms with Crippen LogP contribution in [0.15, 0.2) is 36.4 Å². The monoisotopic (exact) mass is 308 g/mol. The molecule has 3 nitrogen and oxygen atoms in total. The molecule has 0 spiro atoms. The summed E-state index contributed by atoms with van der Waals surface area (Å²) in [6, 6.07) is 11.4. The molecule has 0 aromatic heterocycles. The highest BCUT2D eigenvalue weighted by molar-refractivity contribution is 5.54. The number of fused-ring (bicyclic) bond motifs is 2. The average Bonchev–Trinajstić information content (AvgIpc) is 2.55. The molecule has 0 atom stereocenters. The Morgan fingerprint density at radius 3 is 2.39 bits per heavy atom. The van der Waals surface area contributed by atoms with Crippen molar-refractivity contribution < 1.29 is 14.6 Å². The van der Waals surface area contributed by atoms with Crippen molar-refractivity contribution in [1.82, 2.24) is 0 Å². The summed E-state index contributed by atoms with van der Waals surface area (Å²) < 4.78 is 11.0. The first-order chi connectivity index (χ1) is 11.3. The minimum atomic E-state index is 0.291. The van der Waals surface area contributed by atoms with Gasteiger partial charge in [0.2, 0.25) is 0 Å². The second-order valence-electron chi connectivity index (χ2n) is 5.46.